The molecule has 1 atom stereocenters. The molecule has 0 aliphatic carbocycles. The lowest BCUT2D eigenvalue weighted by Crippen LogP contribution is -2.45. The number of phenols is 1. The quantitative estimate of drug-likeness (QED) is 0.329. The summed E-state index contributed by atoms with van der Waals surface area (Å²) >= 11 is 12.5. The smallest absolute Gasteiger partial charge is 0.329 e. The molecule has 1 unspecified atom stereocenters. The number of carbonyl (C=O) groups excluding carboxylic acids is 2. The normalized spacial score (nSPS) is 12.2. The Morgan fingerprint density at radius 2 is 1.82 bits per heavy atom. The first kappa shape index (κ1) is 26.8. The summed E-state index contributed by atoms with van der Waals surface area (Å²) in [5, 5.41) is 13.0. The number of benzene rings is 2. The van der Waals surface area contributed by atoms with Gasteiger partial charge in [0.05, 0.1) is 17.2 Å². The van der Waals surface area contributed by atoms with Gasteiger partial charge < -0.3 is 25.6 Å². The molecular formula is C24H30Cl2N2O5. The molecule has 4 N–H and O–H groups in total. The third-order valence-corrected chi connectivity index (χ3v) is 5.15. The van der Waals surface area contributed by atoms with E-state index in [9.17, 15) is 14.7 Å². The Morgan fingerprint density at radius 3 is 2.42 bits per heavy atom. The molecule has 0 saturated carbocycles. The topological polar surface area (TPSA) is 111 Å². The predicted octanol–water partition coefficient (Wildman–Crippen LogP) is 4.50. The molecule has 0 spiro atoms. The maximum Gasteiger partial charge on any atom is 0.329 e. The number of esters is 1. The fourth-order valence-electron chi connectivity index (χ4n) is 2.97. The molecule has 2 aromatic rings. The molecule has 7 nitrogen and oxygen atoms in total. The van der Waals surface area contributed by atoms with Crippen molar-refractivity contribution in [3.05, 3.63) is 57.6 Å². The Kier molecular flexibility index (Phi) is 9.83. The van der Waals surface area contributed by atoms with Gasteiger partial charge in [0, 0.05) is 6.42 Å². The second-order valence-electron chi connectivity index (χ2n) is 8.49. The van der Waals surface area contributed by atoms with Crippen molar-refractivity contribution in [3.8, 4) is 11.5 Å². The molecule has 0 aliphatic rings. The zero-order valence-electron chi connectivity index (χ0n) is 19.0. The van der Waals surface area contributed by atoms with Gasteiger partial charge in [0.2, 0.25) is 0 Å². The van der Waals surface area contributed by atoms with Crippen LogP contribution >= 0.6 is 23.2 Å². The SMILES string of the molecule is CC(C)(C)OC(=O)C(Cc1ccccc1)NC(=O)c1cc(Cl)c(OCCCCN)c(Cl)c1O. The van der Waals surface area contributed by atoms with Crippen LogP contribution in [0, 0.1) is 0 Å². The van der Waals surface area contributed by atoms with E-state index in [1.807, 2.05) is 30.3 Å². The zero-order valence-corrected chi connectivity index (χ0v) is 20.5. The van der Waals surface area contributed by atoms with E-state index in [2.05, 4.69) is 5.32 Å². The number of amides is 1. The molecule has 0 radical (unpaired) electrons. The van der Waals surface area contributed by atoms with Crippen LogP contribution in [0.2, 0.25) is 10.0 Å². The number of halogens is 2. The maximum absolute atomic E-state index is 13.0. The van der Waals surface area contributed by atoms with Crippen molar-refractivity contribution in [2.45, 2.75) is 51.7 Å². The van der Waals surface area contributed by atoms with Crippen LogP contribution in [0.5, 0.6) is 11.5 Å². The van der Waals surface area contributed by atoms with E-state index in [4.69, 9.17) is 38.4 Å². The van der Waals surface area contributed by atoms with Gasteiger partial charge in [-0.1, -0.05) is 53.5 Å². The van der Waals surface area contributed by atoms with Gasteiger partial charge in [-0.3, -0.25) is 4.79 Å². The first-order chi connectivity index (χ1) is 15.5. The van der Waals surface area contributed by atoms with E-state index in [-0.39, 0.29) is 27.8 Å². The van der Waals surface area contributed by atoms with Gasteiger partial charge in [-0.25, -0.2) is 4.79 Å². The standard InChI is InChI=1S/C24H30Cl2N2O5/c1-24(2,3)33-23(31)18(13-15-9-5-4-6-10-15)28-22(30)16-14-17(25)21(19(26)20(16)29)32-12-8-7-11-27/h4-6,9-10,14,18,29H,7-8,11-13,27H2,1-3H3,(H,28,30). The minimum atomic E-state index is -0.997. The van der Waals surface area contributed by atoms with Crippen molar-refractivity contribution >= 4 is 35.1 Å². The molecule has 1 amide bonds. The highest BCUT2D eigenvalue weighted by molar-refractivity contribution is 6.39. The number of carbonyl (C=O) groups is 2. The number of nitrogens with one attached hydrogen (secondary N) is 1. The number of rotatable bonds is 10. The number of hydrogen-bond donors (Lipinski definition) is 3. The Hall–Kier alpha value is -2.48. The minimum absolute atomic E-state index is 0.0626. The van der Waals surface area contributed by atoms with Crippen LogP contribution in [0.4, 0.5) is 0 Å². The summed E-state index contributed by atoms with van der Waals surface area (Å²) in [6, 6.07) is 9.46. The highest BCUT2D eigenvalue weighted by Crippen LogP contribution is 2.42. The summed E-state index contributed by atoms with van der Waals surface area (Å²) < 4.78 is 11.0. The largest absolute Gasteiger partial charge is 0.505 e. The lowest BCUT2D eigenvalue weighted by molar-refractivity contribution is -0.157. The van der Waals surface area contributed by atoms with Gasteiger partial charge in [-0.2, -0.15) is 0 Å². The monoisotopic (exact) mass is 496 g/mol. The van der Waals surface area contributed by atoms with Crippen LogP contribution in [-0.4, -0.2) is 41.8 Å². The van der Waals surface area contributed by atoms with E-state index in [1.165, 1.54) is 6.07 Å². The molecule has 2 aromatic carbocycles. The van der Waals surface area contributed by atoms with Crippen molar-refractivity contribution in [1.29, 1.82) is 0 Å². The minimum Gasteiger partial charge on any atom is -0.505 e. The van der Waals surface area contributed by atoms with Gasteiger partial charge >= 0.3 is 5.97 Å². The van der Waals surface area contributed by atoms with Crippen LogP contribution in [0.1, 0.15) is 49.5 Å². The number of phenolic OH excluding ortho intramolecular Hbond substituents is 1. The lowest BCUT2D eigenvalue weighted by Gasteiger charge is -2.25. The van der Waals surface area contributed by atoms with Gasteiger partial charge in [0.15, 0.2) is 11.5 Å². The molecule has 0 aliphatic heterocycles. The van der Waals surface area contributed by atoms with Gasteiger partial charge in [0.25, 0.3) is 5.91 Å². The van der Waals surface area contributed by atoms with E-state index in [1.54, 1.807) is 20.8 Å². The molecule has 9 heteroatoms. The van der Waals surface area contributed by atoms with Crippen LogP contribution < -0.4 is 15.8 Å². The molecule has 0 heterocycles. The molecule has 0 aromatic heterocycles. The summed E-state index contributed by atoms with van der Waals surface area (Å²) in [7, 11) is 0. The fraction of sp³-hybridized carbons (Fsp3) is 0.417. The number of hydrogen-bond acceptors (Lipinski definition) is 6. The summed E-state index contributed by atoms with van der Waals surface area (Å²) in [5.74, 6) is -1.73. The molecule has 0 saturated heterocycles. The number of aromatic hydroxyl groups is 1. The predicted molar refractivity (Wildman–Crippen MR) is 129 cm³/mol. The van der Waals surface area contributed by atoms with Crippen LogP contribution in [0.15, 0.2) is 36.4 Å². The van der Waals surface area contributed by atoms with Crippen LogP contribution in [-0.2, 0) is 16.0 Å². The summed E-state index contributed by atoms with van der Waals surface area (Å²) in [4.78, 5) is 25.8. The average Bonchev–Trinajstić information content (AvgIpc) is 2.74. The van der Waals surface area contributed by atoms with Crippen LogP contribution in [0.25, 0.3) is 0 Å². The molecular weight excluding hydrogens is 467 g/mol. The number of ether oxygens (including phenoxy) is 2. The Bertz CT molecular complexity index is 962. The van der Waals surface area contributed by atoms with Gasteiger partial charge in [0.1, 0.15) is 16.7 Å². The summed E-state index contributed by atoms with van der Waals surface area (Å²) in [6.07, 6.45) is 1.64. The lowest BCUT2D eigenvalue weighted by atomic mass is 10.0. The molecule has 180 valence electrons. The van der Waals surface area contributed by atoms with Crippen molar-refractivity contribution < 1.29 is 24.2 Å². The molecule has 33 heavy (non-hydrogen) atoms. The first-order valence-corrected chi connectivity index (χ1v) is 11.4. The summed E-state index contributed by atoms with van der Waals surface area (Å²) in [6.45, 7) is 6.05. The average molecular weight is 497 g/mol. The van der Waals surface area contributed by atoms with E-state index in [0.29, 0.717) is 19.6 Å². The third-order valence-electron chi connectivity index (χ3n) is 4.52. The van der Waals surface area contributed by atoms with Crippen molar-refractivity contribution in [2.24, 2.45) is 5.73 Å². The molecule has 0 bridgehead atoms. The molecule has 0 fully saturated rings. The van der Waals surface area contributed by atoms with Crippen molar-refractivity contribution in [1.82, 2.24) is 5.32 Å². The fourth-order valence-corrected chi connectivity index (χ4v) is 3.53. The Labute approximate surface area is 204 Å². The highest BCUT2D eigenvalue weighted by Gasteiger charge is 2.29. The second-order valence-corrected chi connectivity index (χ2v) is 9.28. The van der Waals surface area contributed by atoms with Crippen LogP contribution in [0.3, 0.4) is 0 Å². The van der Waals surface area contributed by atoms with Gasteiger partial charge in [-0.05, 0) is 51.8 Å². The third kappa shape index (κ3) is 8.11. The Morgan fingerprint density at radius 1 is 1.15 bits per heavy atom. The zero-order chi connectivity index (χ0) is 24.6. The van der Waals surface area contributed by atoms with Crippen molar-refractivity contribution in [2.75, 3.05) is 13.2 Å². The number of nitrogens with two attached hydrogens (primary N) is 1. The van der Waals surface area contributed by atoms with Gasteiger partial charge in [-0.15, -0.1) is 0 Å². The Balaban J connectivity index is 2.26. The number of unbranched alkanes of at least 4 members (excludes halogenated alkanes) is 1. The highest BCUT2D eigenvalue weighted by atomic mass is 35.5. The van der Waals surface area contributed by atoms with E-state index < -0.39 is 29.3 Å². The molecule has 2 rings (SSSR count). The second kappa shape index (κ2) is 12.1. The van der Waals surface area contributed by atoms with E-state index in [0.717, 1.165) is 12.0 Å². The van der Waals surface area contributed by atoms with E-state index >= 15 is 0 Å². The van der Waals surface area contributed by atoms with Crippen molar-refractivity contribution in [3.63, 3.8) is 0 Å². The maximum atomic E-state index is 13.0. The summed E-state index contributed by atoms with van der Waals surface area (Å²) in [5.41, 5.74) is 5.37. The first-order valence-electron chi connectivity index (χ1n) is 10.6.